The molecule has 0 fully saturated rings. The maximum Gasteiger partial charge on any atom is 0.120 e. The summed E-state index contributed by atoms with van der Waals surface area (Å²) < 4.78 is 8.54. The second-order valence-corrected chi connectivity index (χ2v) is 20.8. The third-order valence-electron chi connectivity index (χ3n) is 10.0. The number of para-hydroxylation sites is 3. The number of pyridine rings is 1. The summed E-state index contributed by atoms with van der Waals surface area (Å²) in [6.07, 6.45) is 3.24. The SMILES string of the molecule is Cc1c[c-]c(-c2cc(CC(C)C)c([Si](C)(C)C)cn2)cc1.[Ir].[c-]1ccc2c(oc3ccccc32)c1-c1nc2ccccc2n1-c1cccc(-c2ccccc2)c1. The van der Waals surface area contributed by atoms with Gasteiger partial charge in [-0.1, -0.05) is 136 Å². The van der Waals surface area contributed by atoms with Crippen molar-refractivity contribution in [2.24, 2.45) is 5.92 Å². The number of imidazole rings is 1. The van der Waals surface area contributed by atoms with Crippen LogP contribution >= 0.6 is 0 Å². The monoisotopic (exact) mass is 924 g/mol. The summed E-state index contributed by atoms with van der Waals surface area (Å²) in [6.45, 7) is 13.8. The number of fused-ring (bicyclic) bond motifs is 4. The molecule has 0 bridgehead atoms. The van der Waals surface area contributed by atoms with Gasteiger partial charge in [0.25, 0.3) is 0 Å². The van der Waals surface area contributed by atoms with Crippen molar-refractivity contribution in [1.82, 2.24) is 14.5 Å². The molecule has 0 atom stereocenters. The molecule has 6 aromatic carbocycles. The number of hydrogen-bond donors (Lipinski definition) is 0. The standard InChI is InChI=1S/C31H19N2O.C19H26NSi.Ir/c1-2-10-21(11-3-1)22-12-8-13-23(20-22)33-28-18-6-5-17-27(28)32-31(33)26-16-9-15-25-24-14-4-7-19-29(24)34-30(25)26;1-14(2)11-17-12-18(16-9-7-15(3)8-10-16)20-13-19(17)21(4,5)6;/h1-15,17-20H;7-9,12-14H,11H2,1-6H3;/q2*-1;. The third-order valence-corrected chi connectivity index (χ3v) is 12.1. The molecule has 0 unspecified atom stereocenters. The van der Waals surface area contributed by atoms with Crippen LogP contribution in [0.1, 0.15) is 25.0 Å². The number of benzene rings is 6. The molecular formula is C50H45IrN3OSi-2. The topological polar surface area (TPSA) is 43.9 Å². The smallest absolute Gasteiger partial charge is 0.120 e. The van der Waals surface area contributed by atoms with Gasteiger partial charge < -0.3 is 14.0 Å². The van der Waals surface area contributed by atoms with Crippen LogP contribution in [0, 0.1) is 25.0 Å². The molecule has 0 saturated heterocycles. The van der Waals surface area contributed by atoms with Gasteiger partial charge in [0.05, 0.1) is 30.5 Å². The average molecular weight is 924 g/mol. The molecule has 9 rings (SSSR count). The Morgan fingerprint density at radius 2 is 1.50 bits per heavy atom. The van der Waals surface area contributed by atoms with Gasteiger partial charge in [-0.3, -0.25) is 4.98 Å². The Balaban J connectivity index is 0.000000190. The van der Waals surface area contributed by atoms with Crippen LogP contribution in [0.5, 0.6) is 0 Å². The zero-order chi connectivity index (χ0) is 38.1. The van der Waals surface area contributed by atoms with Crippen molar-refractivity contribution >= 4 is 46.2 Å². The summed E-state index contributed by atoms with van der Waals surface area (Å²) in [5.41, 5.74) is 12.7. The van der Waals surface area contributed by atoms with E-state index in [1.54, 1.807) is 0 Å². The molecule has 0 aliphatic carbocycles. The number of aryl methyl sites for hydroxylation is 1. The van der Waals surface area contributed by atoms with Gasteiger partial charge in [0.1, 0.15) is 5.58 Å². The molecule has 4 nitrogen and oxygen atoms in total. The summed E-state index contributed by atoms with van der Waals surface area (Å²) >= 11 is 0. The van der Waals surface area contributed by atoms with Gasteiger partial charge in [-0.25, -0.2) is 0 Å². The zero-order valence-electron chi connectivity index (χ0n) is 32.7. The van der Waals surface area contributed by atoms with E-state index in [-0.39, 0.29) is 20.1 Å². The second kappa shape index (κ2) is 16.4. The normalized spacial score (nSPS) is 11.5. The van der Waals surface area contributed by atoms with Crippen molar-refractivity contribution < 1.29 is 24.5 Å². The van der Waals surface area contributed by atoms with Crippen molar-refractivity contribution in [3.8, 4) is 39.5 Å². The molecular weight excluding hydrogens is 879 g/mol. The molecule has 1 radical (unpaired) electrons. The number of aromatic nitrogens is 3. The van der Waals surface area contributed by atoms with Gasteiger partial charge >= 0.3 is 0 Å². The number of nitrogens with zero attached hydrogens (tertiary/aromatic N) is 3. The number of furan rings is 1. The number of hydrogen-bond acceptors (Lipinski definition) is 3. The molecule has 0 aliphatic heterocycles. The predicted molar refractivity (Wildman–Crippen MR) is 233 cm³/mol. The maximum absolute atomic E-state index is 6.33. The molecule has 0 aliphatic rings. The van der Waals surface area contributed by atoms with Crippen LogP contribution < -0.4 is 5.19 Å². The zero-order valence-corrected chi connectivity index (χ0v) is 36.1. The Kier molecular flexibility index (Phi) is 11.4. The minimum atomic E-state index is -1.35. The second-order valence-electron chi connectivity index (χ2n) is 15.7. The first-order valence-electron chi connectivity index (χ1n) is 19.1. The number of rotatable bonds is 7. The summed E-state index contributed by atoms with van der Waals surface area (Å²) in [6, 6.07) is 54.8. The van der Waals surface area contributed by atoms with Crippen LogP contribution in [-0.4, -0.2) is 22.6 Å². The van der Waals surface area contributed by atoms with E-state index in [0.29, 0.717) is 5.92 Å². The first-order valence-corrected chi connectivity index (χ1v) is 22.6. The van der Waals surface area contributed by atoms with E-state index in [2.05, 4.69) is 160 Å². The van der Waals surface area contributed by atoms with E-state index in [9.17, 15) is 0 Å². The van der Waals surface area contributed by atoms with E-state index in [4.69, 9.17) is 14.4 Å². The van der Waals surface area contributed by atoms with Gasteiger partial charge in [0, 0.05) is 37.4 Å². The Morgan fingerprint density at radius 1 is 0.750 bits per heavy atom. The van der Waals surface area contributed by atoms with Gasteiger partial charge in [-0.05, 0) is 64.7 Å². The molecule has 3 aromatic heterocycles. The minimum absolute atomic E-state index is 0. The van der Waals surface area contributed by atoms with Crippen molar-refractivity contribution in [1.29, 1.82) is 0 Å². The van der Waals surface area contributed by atoms with E-state index < -0.39 is 8.07 Å². The van der Waals surface area contributed by atoms with Crippen LogP contribution in [0.25, 0.3) is 72.4 Å². The van der Waals surface area contributed by atoms with E-state index >= 15 is 0 Å². The minimum Gasteiger partial charge on any atom is -0.501 e. The van der Waals surface area contributed by atoms with Gasteiger partial charge in [0.15, 0.2) is 0 Å². The van der Waals surface area contributed by atoms with Crippen molar-refractivity contribution in [3.63, 3.8) is 0 Å². The van der Waals surface area contributed by atoms with Crippen molar-refractivity contribution in [2.75, 3.05) is 0 Å². The van der Waals surface area contributed by atoms with Crippen LogP contribution in [0.2, 0.25) is 19.6 Å². The molecule has 9 aromatic rings. The van der Waals surface area contributed by atoms with E-state index in [0.717, 1.165) is 73.3 Å². The molecule has 281 valence electrons. The Labute approximate surface area is 344 Å². The maximum atomic E-state index is 6.33. The third kappa shape index (κ3) is 7.96. The van der Waals surface area contributed by atoms with Crippen LogP contribution in [0.15, 0.2) is 150 Å². The average Bonchev–Trinajstić information content (AvgIpc) is 3.77. The van der Waals surface area contributed by atoms with Gasteiger partial charge in [0.2, 0.25) is 0 Å². The molecule has 0 saturated carbocycles. The quantitative estimate of drug-likeness (QED) is 0.118. The fourth-order valence-electron chi connectivity index (χ4n) is 7.36. The molecule has 0 amide bonds. The summed E-state index contributed by atoms with van der Waals surface area (Å²) in [4.78, 5) is 9.77. The summed E-state index contributed by atoms with van der Waals surface area (Å²) in [7, 11) is -1.35. The van der Waals surface area contributed by atoms with Crippen LogP contribution in [0.4, 0.5) is 0 Å². The molecule has 0 spiro atoms. The van der Waals surface area contributed by atoms with E-state index in [1.807, 2.05) is 42.5 Å². The van der Waals surface area contributed by atoms with Gasteiger partial charge in [-0.2, -0.15) is 0 Å². The van der Waals surface area contributed by atoms with E-state index in [1.165, 1.54) is 21.9 Å². The predicted octanol–water partition coefficient (Wildman–Crippen LogP) is 12.7. The van der Waals surface area contributed by atoms with Gasteiger partial charge in [-0.15, -0.1) is 53.6 Å². The molecule has 0 N–H and O–H groups in total. The summed E-state index contributed by atoms with van der Waals surface area (Å²) in [5, 5.41) is 3.66. The first kappa shape index (κ1) is 38.9. The summed E-state index contributed by atoms with van der Waals surface area (Å²) in [5.74, 6) is 1.48. The Morgan fingerprint density at radius 3 is 2.27 bits per heavy atom. The Bertz CT molecular complexity index is 2760. The molecule has 3 heterocycles. The largest absolute Gasteiger partial charge is 0.501 e. The van der Waals surface area contributed by atoms with Crippen LogP contribution in [0.3, 0.4) is 0 Å². The van der Waals surface area contributed by atoms with Crippen molar-refractivity contribution in [3.05, 3.63) is 169 Å². The molecule has 56 heavy (non-hydrogen) atoms. The fraction of sp³-hybridized carbons (Fsp3) is 0.160. The fourth-order valence-corrected chi connectivity index (χ4v) is 8.95. The first-order chi connectivity index (χ1) is 26.6. The van der Waals surface area contributed by atoms with Crippen molar-refractivity contribution in [2.45, 2.75) is 46.8 Å². The Hall–Kier alpha value is -5.39. The molecule has 6 heteroatoms. The van der Waals surface area contributed by atoms with Crippen LogP contribution in [-0.2, 0) is 26.5 Å².